The third-order valence-corrected chi connectivity index (χ3v) is 7.10. The topological polar surface area (TPSA) is 70.7 Å². The highest BCUT2D eigenvalue weighted by Gasteiger charge is 2.41. The molecule has 7 nitrogen and oxygen atoms in total. The van der Waals surface area contributed by atoms with E-state index in [1.165, 1.54) is 12.8 Å². The number of carbonyl (C=O) groups is 1. The second kappa shape index (κ2) is 11.7. The molecule has 7 heteroatoms. The molecule has 1 saturated heterocycles. The van der Waals surface area contributed by atoms with E-state index in [0.29, 0.717) is 12.2 Å². The number of H-pyrrole nitrogens is 1. The van der Waals surface area contributed by atoms with E-state index in [1.807, 2.05) is 47.4 Å². The van der Waals surface area contributed by atoms with E-state index in [-0.39, 0.29) is 11.9 Å². The van der Waals surface area contributed by atoms with Crippen LogP contribution >= 0.6 is 0 Å². The quantitative estimate of drug-likeness (QED) is 0.388. The van der Waals surface area contributed by atoms with Crippen LogP contribution < -0.4 is 4.74 Å². The Morgan fingerprint density at radius 3 is 2.53 bits per heavy atom. The van der Waals surface area contributed by atoms with Crippen molar-refractivity contribution in [3.8, 4) is 17.0 Å². The SMILES string of the molecule is CCCCCOc1ccc(C2c3c(-c4ccccc4)n[nH]c3C(=O)N2CCCN2CCOCC2)cc1. The Labute approximate surface area is 213 Å². The van der Waals surface area contributed by atoms with Gasteiger partial charge in [0.05, 0.1) is 31.6 Å². The van der Waals surface area contributed by atoms with Crippen molar-refractivity contribution in [1.82, 2.24) is 20.0 Å². The minimum absolute atomic E-state index is 0.0200. The number of ether oxygens (including phenoxy) is 2. The Hall–Kier alpha value is -3.16. The van der Waals surface area contributed by atoms with Gasteiger partial charge in [-0.15, -0.1) is 0 Å². The summed E-state index contributed by atoms with van der Waals surface area (Å²) < 4.78 is 11.4. The average Bonchev–Trinajstić information content (AvgIpc) is 3.47. The Morgan fingerprint density at radius 1 is 1.00 bits per heavy atom. The van der Waals surface area contributed by atoms with Gasteiger partial charge in [0.2, 0.25) is 0 Å². The summed E-state index contributed by atoms with van der Waals surface area (Å²) in [5, 5.41) is 7.64. The largest absolute Gasteiger partial charge is 0.494 e. The Morgan fingerprint density at radius 2 is 1.78 bits per heavy atom. The monoisotopic (exact) mass is 488 g/mol. The van der Waals surface area contributed by atoms with Gasteiger partial charge >= 0.3 is 0 Å². The first kappa shape index (κ1) is 24.5. The van der Waals surface area contributed by atoms with Crippen molar-refractivity contribution in [2.75, 3.05) is 46.0 Å². The van der Waals surface area contributed by atoms with Gasteiger partial charge in [-0.3, -0.25) is 14.8 Å². The number of hydrogen-bond donors (Lipinski definition) is 1. The fourth-order valence-electron chi connectivity index (χ4n) is 5.17. The van der Waals surface area contributed by atoms with E-state index in [2.05, 4.69) is 34.2 Å². The molecule has 2 aliphatic heterocycles. The predicted molar refractivity (Wildman–Crippen MR) is 140 cm³/mol. The number of benzene rings is 2. The highest BCUT2D eigenvalue weighted by atomic mass is 16.5. The molecule has 3 heterocycles. The summed E-state index contributed by atoms with van der Waals surface area (Å²) in [6, 6.07) is 18.2. The molecule has 1 N–H and O–H groups in total. The van der Waals surface area contributed by atoms with E-state index in [4.69, 9.17) is 9.47 Å². The number of morpholine rings is 1. The first-order chi connectivity index (χ1) is 17.8. The van der Waals surface area contributed by atoms with E-state index in [9.17, 15) is 4.79 Å². The van der Waals surface area contributed by atoms with Gasteiger partial charge in [0, 0.05) is 37.3 Å². The highest BCUT2D eigenvalue weighted by Crippen LogP contribution is 2.43. The molecule has 1 amide bonds. The van der Waals surface area contributed by atoms with E-state index in [1.54, 1.807) is 0 Å². The van der Waals surface area contributed by atoms with Crippen LogP contribution in [0.25, 0.3) is 11.3 Å². The van der Waals surface area contributed by atoms with Gasteiger partial charge in [-0.1, -0.05) is 62.2 Å². The second-order valence-corrected chi connectivity index (χ2v) is 9.56. The molecule has 1 atom stereocenters. The van der Waals surface area contributed by atoms with Crippen LogP contribution in [0, 0.1) is 0 Å². The van der Waals surface area contributed by atoms with Crippen LogP contribution in [-0.2, 0) is 4.74 Å². The lowest BCUT2D eigenvalue weighted by Gasteiger charge is -2.29. The zero-order valence-electron chi connectivity index (χ0n) is 21.1. The molecular weight excluding hydrogens is 452 g/mol. The summed E-state index contributed by atoms with van der Waals surface area (Å²) in [4.78, 5) is 18.0. The lowest BCUT2D eigenvalue weighted by atomic mass is 9.96. The number of hydrogen-bond acceptors (Lipinski definition) is 5. The van der Waals surface area contributed by atoms with Gasteiger partial charge in [-0.25, -0.2) is 0 Å². The van der Waals surface area contributed by atoms with Crippen LogP contribution in [0.3, 0.4) is 0 Å². The van der Waals surface area contributed by atoms with Crippen molar-refractivity contribution in [2.24, 2.45) is 0 Å². The standard InChI is InChI=1S/C29H36N4O3/c1-2-3-7-19-36-24-13-11-23(12-14-24)28-25-26(22-9-5-4-6-10-22)30-31-27(25)29(34)33(28)16-8-15-32-17-20-35-21-18-32/h4-6,9-14,28H,2-3,7-8,15-21H2,1H3,(H,30,31). The van der Waals surface area contributed by atoms with Crippen LogP contribution in [-0.4, -0.2) is 71.9 Å². The number of nitrogens with zero attached hydrogens (tertiary/aromatic N) is 3. The van der Waals surface area contributed by atoms with Gasteiger partial charge in [0.1, 0.15) is 11.4 Å². The number of rotatable bonds is 11. The van der Waals surface area contributed by atoms with E-state index < -0.39 is 0 Å². The zero-order valence-corrected chi connectivity index (χ0v) is 21.1. The van der Waals surface area contributed by atoms with Gasteiger partial charge in [-0.05, 0) is 30.5 Å². The molecule has 190 valence electrons. The molecule has 2 aromatic carbocycles. The van der Waals surface area contributed by atoms with Crippen molar-refractivity contribution in [3.63, 3.8) is 0 Å². The third-order valence-electron chi connectivity index (χ3n) is 7.10. The smallest absolute Gasteiger partial charge is 0.273 e. The number of unbranched alkanes of at least 4 members (excludes halogenated alkanes) is 2. The first-order valence-corrected chi connectivity index (χ1v) is 13.2. The summed E-state index contributed by atoms with van der Waals surface area (Å²) in [7, 11) is 0. The maximum atomic E-state index is 13.6. The van der Waals surface area contributed by atoms with Crippen LogP contribution in [0.15, 0.2) is 54.6 Å². The van der Waals surface area contributed by atoms with Crippen molar-refractivity contribution < 1.29 is 14.3 Å². The summed E-state index contributed by atoms with van der Waals surface area (Å²) in [6.07, 6.45) is 4.33. The van der Waals surface area contributed by atoms with E-state index >= 15 is 0 Å². The Bertz CT molecular complexity index is 1120. The lowest BCUT2D eigenvalue weighted by molar-refractivity contribution is 0.0354. The molecule has 1 unspecified atom stereocenters. The van der Waals surface area contributed by atoms with Crippen molar-refractivity contribution in [1.29, 1.82) is 0 Å². The number of aromatic amines is 1. The number of amides is 1. The van der Waals surface area contributed by atoms with Crippen LogP contribution in [0.1, 0.15) is 60.3 Å². The maximum absolute atomic E-state index is 13.6. The van der Waals surface area contributed by atoms with Crippen LogP contribution in [0.2, 0.25) is 0 Å². The summed E-state index contributed by atoms with van der Waals surface area (Å²) in [5.41, 5.74) is 4.51. The normalized spacial score (nSPS) is 18.0. The zero-order chi connectivity index (χ0) is 24.7. The number of aromatic nitrogens is 2. The summed E-state index contributed by atoms with van der Waals surface area (Å²) in [6.45, 7) is 8.06. The molecule has 0 radical (unpaired) electrons. The average molecular weight is 489 g/mol. The van der Waals surface area contributed by atoms with Gasteiger partial charge in [-0.2, -0.15) is 5.10 Å². The third kappa shape index (κ3) is 5.32. The Kier molecular flexibility index (Phi) is 7.98. The molecule has 0 spiro atoms. The molecule has 36 heavy (non-hydrogen) atoms. The molecule has 0 aliphatic carbocycles. The van der Waals surface area contributed by atoms with Crippen molar-refractivity contribution >= 4 is 5.91 Å². The van der Waals surface area contributed by atoms with Crippen molar-refractivity contribution in [2.45, 2.75) is 38.6 Å². The van der Waals surface area contributed by atoms with Gasteiger partial charge in [0.25, 0.3) is 5.91 Å². The minimum Gasteiger partial charge on any atom is -0.494 e. The molecule has 0 bridgehead atoms. The molecule has 1 fully saturated rings. The molecule has 0 saturated carbocycles. The molecular formula is C29H36N4O3. The van der Waals surface area contributed by atoms with Gasteiger partial charge in [0.15, 0.2) is 0 Å². The number of carbonyl (C=O) groups excluding carboxylic acids is 1. The fourth-order valence-corrected chi connectivity index (χ4v) is 5.17. The first-order valence-electron chi connectivity index (χ1n) is 13.2. The fraction of sp³-hybridized carbons (Fsp3) is 0.448. The second-order valence-electron chi connectivity index (χ2n) is 9.56. The predicted octanol–water partition coefficient (Wildman–Crippen LogP) is 4.91. The maximum Gasteiger partial charge on any atom is 0.273 e. The summed E-state index contributed by atoms with van der Waals surface area (Å²) in [5.74, 6) is 0.889. The van der Waals surface area contributed by atoms with Crippen molar-refractivity contribution in [3.05, 3.63) is 71.4 Å². The molecule has 1 aromatic heterocycles. The molecule has 5 rings (SSSR count). The summed E-state index contributed by atoms with van der Waals surface area (Å²) >= 11 is 0. The molecule has 3 aromatic rings. The Balaban J connectivity index is 1.39. The number of fused-ring (bicyclic) bond motifs is 1. The van der Waals surface area contributed by atoms with Crippen LogP contribution in [0.5, 0.6) is 5.75 Å². The van der Waals surface area contributed by atoms with E-state index in [0.717, 1.165) is 80.4 Å². The molecule has 2 aliphatic rings. The van der Waals surface area contributed by atoms with Gasteiger partial charge < -0.3 is 14.4 Å². The number of nitrogens with one attached hydrogen (secondary N) is 1. The minimum atomic E-state index is -0.180. The highest BCUT2D eigenvalue weighted by molar-refractivity contribution is 6.00. The van der Waals surface area contributed by atoms with Crippen LogP contribution in [0.4, 0.5) is 0 Å². The lowest BCUT2D eigenvalue weighted by Crippen LogP contribution is -2.38.